The summed E-state index contributed by atoms with van der Waals surface area (Å²) in [6.45, 7) is 3.71. The summed E-state index contributed by atoms with van der Waals surface area (Å²) in [6.07, 6.45) is 1.18. The number of aromatic nitrogens is 1. The zero-order chi connectivity index (χ0) is 15.6. The molecule has 0 bridgehead atoms. The number of nitrogens with one attached hydrogen (secondary N) is 1. The van der Waals surface area contributed by atoms with E-state index < -0.39 is 10.0 Å². The third kappa shape index (κ3) is 3.74. The van der Waals surface area contributed by atoms with Gasteiger partial charge in [-0.25, -0.2) is 18.1 Å². The standard InChI is InChI=1S/C14H14Cl2N2O2S/c1-9-5-3-4-6-12(9)10(2)18-21(19,20)11-7-13(15)14(16)17-8-11/h3-8,10,18H,1-2H3. The Balaban J connectivity index is 2.29. The largest absolute Gasteiger partial charge is 0.242 e. The van der Waals surface area contributed by atoms with Crippen molar-refractivity contribution in [1.82, 2.24) is 9.71 Å². The molecule has 0 amide bonds. The van der Waals surface area contributed by atoms with E-state index in [-0.39, 0.29) is 21.1 Å². The predicted molar refractivity (Wildman–Crippen MR) is 84.2 cm³/mol. The number of rotatable bonds is 4. The van der Waals surface area contributed by atoms with Crippen molar-refractivity contribution in [3.63, 3.8) is 0 Å². The average Bonchev–Trinajstić information content (AvgIpc) is 2.41. The molecular weight excluding hydrogens is 331 g/mol. The quantitative estimate of drug-likeness (QED) is 0.859. The Morgan fingerprint density at radius 1 is 1.24 bits per heavy atom. The van der Waals surface area contributed by atoms with E-state index >= 15 is 0 Å². The monoisotopic (exact) mass is 344 g/mol. The maximum absolute atomic E-state index is 12.3. The van der Waals surface area contributed by atoms with Crippen LogP contribution in [0.25, 0.3) is 0 Å². The molecule has 0 spiro atoms. The van der Waals surface area contributed by atoms with E-state index in [0.717, 1.165) is 11.1 Å². The van der Waals surface area contributed by atoms with E-state index in [1.165, 1.54) is 12.3 Å². The molecule has 1 aromatic carbocycles. The van der Waals surface area contributed by atoms with Crippen LogP contribution >= 0.6 is 23.2 Å². The molecule has 4 nitrogen and oxygen atoms in total. The van der Waals surface area contributed by atoms with Gasteiger partial charge in [-0.05, 0) is 31.0 Å². The molecule has 0 aliphatic heterocycles. The van der Waals surface area contributed by atoms with E-state index in [2.05, 4.69) is 9.71 Å². The molecule has 2 rings (SSSR count). The maximum atomic E-state index is 12.3. The first kappa shape index (κ1) is 16.2. The van der Waals surface area contributed by atoms with Crippen LogP contribution in [0.3, 0.4) is 0 Å². The van der Waals surface area contributed by atoms with Crippen molar-refractivity contribution in [1.29, 1.82) is 0 Å². The highest BCUT2D eigenvalue weighted by molar-refractivity contribution is 7.89. The molecule has 1 N–H and O–H groups in total. The van der Waals surface area contributed by atoms with Gasteiger partial charge in [0.05, 0.1) is 5.02 Å². The lowest BCUT2D eigenvalue weighted by atomic mass is 10.0. The number of halogens is 2. The van der Waals surface area contributed by atoms with Gasteiger partial charge in [-0.3, -0.25) is 0 Å². The second-order valence-electron chi connectivity index (χ2n) is 4.64. The van der Waals surface area contributed by atoms with Crippen LogP contribution in [-0.4, -0.2) is 13.4 Å². The predicted octanol–water partition coefficient (Wildman–Crippen LogP) is 3.74. The van der Waals surface area contributed by atoms with E-state index in [1.54, 1.807) is 6.92 Å². The number of aryl methyl sites for hydroxylation is 1. The highest BCUT2D eigenvalue weighted by Gasteiger charge is 2.20. The van der Waals surface area contributed by atoms with Crippen molar-refractivity contribution in [2.45, 2.75) is 24.8 Å². The van der Waals surface area contributed by atoms with Gasteiger partial charge in [0.25, 0.3) is 0 Å². The summed E-state index contributed by atoms with van der Waals surface area (Å²) >= 11 is 11.5. The average molecular weight is 345 g/mol. The molecule has 0 aliphatic carbocycles. The first-order chi connectivity index (χ1) is 9.81. The zero-order valence-corrected chi connectivity index (χ0v) is 13.8. The molecule has 0 radical (unpaired) electrons. The van der Waals surface area contributed by atoms with Gasteiger partial charge in [0, 0.05) is 12.2 Å². The van der Waals surface area contributed by atoms with Gasteiger partial charge in [0.15, 0.2) is 0 Å². The lowest BCUT2D eigenvalue weighted by Crippen LogP contribution is -2.27. The third-order valence-electron chi connectivity index (χ3n) is 3.07. The van der Waals surface area contributed by atoms with Gasteiger partial charge in [0.1, 0.15) is 10.0 Å². The fraction of sp³-hybridized carbons (Fsp3) is 0.214. The van der Waals surface area contributed by atoms with E-state index in [1.807, 2.05) is 31.2 Å². The van der Waals surface area contributed by atoms with Crippen LogP contribution in [0.4, 0.5) is 0 Å². The smallest absolute Gasteiger partial charge is 0.242 e. The Hall–Kier alpha value is -1.14. The summed E-state index contributed by atoms with van der Waals surface area (Å²) in [5.74, 6) is 0. The minimum Gasteiger partial charge on any atom is -0.242 e. The van der Waals surface area contributed by atoms with Crippen molar-refractivity contribution < 1.29 is 8.42 Å². The third-order valence-corrected chi connectivity index (χ3v) is 5.26. The van der Waals surface area contributed by atoms with Crippen LogP contribution in [0.5, 0.6) is 0 Å². The molecule has 0 saturated carbocycles. The van der Waals surface area contributed by atoms with E-state index in [0.29, 0.717) is 0 Å². The minimum absolute atomic E-state index is 0.0164. The summed E-state index contributed by atoms with van der Waals surface area (Å²) in [7, 11) is -3.72. The molecule has 1 unspecified atom stereocenters. The molecule has 0 aliphatic rings. The summed E-state index contributed by atoms with van der Waals surface area (Å²) in [6, 6.07) is 8.50. The van der Waals surface area contributed by atoms with Crippen molar-refractivity contribution in [2.75, 3.05) is 0 Å². The molecule has 1 heterocycles. The maximum Gasteiger partial charge on any atom is 0.242 e. The summed E-state index contributed by atoms with van der Waals surface area (Å²) in [5, 5.41) is 0.172. The van der Waals surface area contributed by atoms with Gasteiger partial charge >= 0.3 is 0 Å². The highest BCUT2D eigenvalue weighted by Crippen LogP contribution is 2.24. The van der Waals surface area contributed by atoms with Gasteiger partial charge < -0.3 is 0 Å². The van der Waals surface area contributed by atoms with Crippen LogP contribution in [0.1, 0.15) is 24.1 Å². The Kier molecular flexibility index (Phi) is 4.88. The first-order valence-corrected chi connectivity index (χ1v) is 8.44. The lowest BCUT2D eigenvalue weighted by molar-refractivity contribution is 0.566. The number of benzene rings is 1. The number of sulfonamides is 1. The van der Waals surface area contributed by atoms with E-state index in [4.69, 9.17) is 23.2 Å². The van der Waals surface area contributed by atoms with Gasteiger partial charge in [0.2, 0.25) is 10.0 Å². The van der Waals surface area contributed by atoms with Crippen LogP contribution < -0.4 is 4.72 Å². The topological polar surface area (TPSA) is 59.1 Å². The Bertz CT molecular complexity index is 763. The summed E-state index contributed by atoms with van der Waals surface area (Å²) < 4.78 is 27.3. The lowest BCUT2D eigenvalue weighted by Gasteiger charge is -2.16. The Morgan fingerprint density at radius 2 is 1.90 bits per heavy atom. The van der Waals surface area contributed by atoms with Crippen LogP contribution in [-0.2, 0) is 10.0 Å². The molecule has 1 atom stereocenters. The summed E-state index contributed by atoms with van der Waals surface area (Å²) in [4.78, 5) is 3.74. The fourth-order valence-electron chi connectivity index (χ4n) is 1.99. The molecule has 0 fully saturated rings. The summed E-state index contributed by atoms with van der Waals surface area (Å²) in [5.41, 5.74) is 1.93. The molecule has 1 aromatic heterocycles. The highest BCUT2D eigenvalue weighted by atomic mass is 35.5. The van der Waals surface area contributed by atoms with Crippen LogP contribution in [0.15, 0.2) is 41.4 Å². The van der Waals surface area contributed by atoms with Crippen molar-refractivity contribution in [3.05, 3.63) is 57.8 Å². The molecule has 112 valence electrons. The Morgan fingerprint density at radius 3 is 2.52 bits per heavy atom. The van der Waals surface area contributed by atoms with Gasteiger partial charge in [-0.1, -0.05) is 47.5 Å². The first-order valence-electron chi connectivity index (χ1n) is 6.20. The molecule has 2 aromatic rings. The molecular formula is C14H14Cl2N2O2S. The molecule has 7 heteroatoms. The second-order valence-corrected chi connectivity index (χ2v) is 7.12. The SMILES string of the molecule is Cc1ccccc1C(C)NS(=O)(=O)c1cnc(Cl)c(Cl)c1. The Labute approximate surface area is 134 Å². The molecule has 0 saturated heterocycles. The van der Waals surface area contributed by atoms with Crippen LogP contribution in [0.2, 0.25) is 10.2 Å². The fourth-order valence-corrected chi connectivity index (χ4v) is 3.51. The second kappa shape index (κ2) is 6.32. The van der Waals surface area contributed by atoms with Crippen molar-refractivity contribution in [3.8, 4) is 0 Å². The zero-order valence-electron chi connectivity index (χ0n) is 11.5. The molecule has 21 heavy (non-hydrogen) atoms. The number of hydrogen-bond donors (Lipinski definition) is 1. The normalized spacial score (nSPS) is 13.1. The minimum atomic E-state index is -3.72. The van der Waals surface area contributed by atoms with Gasteiger partial charge in [-0.2, -0.15) is 0 Å². The van der Waals surface area contributed by atoms with Crippen molar-refractivity contribution in [2.24, 2.45) is 0 Å². The van der Waals surface area contributed by atoms with Crippen LogP contribution in [0, 0.1) is 6.92 Å². The number of nitrogens with zero attached hydrogens (tertiary/aromatic N) is 1. The van der Waals surface area contributed by atoms with E-state index in [9.17, 15) is 8.42 Å². The van der Waals surface area contributed by atoms with Crippen molar-refractivity contribution >= 4 is 33.2 Å². The van der Waals surface area contributed by atoms with Gasteiger partial charge in [-0.15, -0.1) is 0 Å². The number of pyridine rings is 1. The number of hydrogen-bond acceptors (Lipinski definition) is 3.